The van der Waals surface area contributed by atoms with Crippen molar-refractivity contribution >= 4 is 38.3 Å². The van der Waals surface area contributed by atoms with Gasteiger partial charge in [-0.25, -0.2) is 0 Å². The number of anilines is 1. The zero-order valence-corrected chi connectivity index (χ0v) is 21.4. The van der Waals surface area contributed by atoms with Crippen LogP contribution in [0.3, 0.4) is 0 Å². The van der Waals surface area contributed by atoms with E-state index in [1.165, 1.54) is 32.4 Å². The third kappa shape index (κ3) is 3.93. The SMILES string of the molecule is Cc1ccc(NC2CC3CC4CC2CN3C4)cc1C(=O)N[C@H](C)c1ccc(Br)c2ccccc12. The highest BCUT2D eigenvalue weighted by Gasteiger charge is 2.46. The maximum Gasteiger partial charge on any atom is 0.252 e. The Kier molecular flexibility index (Phi) is 5.65. The van der Waals surface area contributed by atoms with Gasteiger partial charge < -0.3 is 10.6 Å². The lowest BCUT2D eigenvalue weighted by Gasteiger charge is -2.43. The summed E-state index contributed by atoms with van der Waals surface area (Å²) in [6, 6.07) is 19.9. The lowest BCUT2D eigenvalue weighted by atomic mass is 9.84. The third-order valence-electron chi connectivity index (χ3n) is 8.37. The van der Waals surface area contributed by atoms with Gasteiger partial charge in [-0.1, -0.05) is 52.3 Å². The molecule has 34 heavy (non-hydrogen) atoms. The highest BCUT2D eigenvalue weighted by Crippen LogP contribution is 2.44. The predicted octanol–water partition coefficient (Wildman–Crippen LogP) is 6.30. The normalized spacial score (nSPS) is 28.1. The number of halogens is 1. The van der Waals surface area contributed by atoms with Crippen LogP contribution in [0.4, 0.5) is 5.69 Å². The van der Waals surface area contributed by atoms with Crippen molar-refractivity contribution in [2.24, 2.45) is 11.8 Å². The van der Waals surface area contributed by atoms with Crippen LogP contribution in [0.1, 0.15) is 53.7 Å². The van der Waals surface area contributed by atoms with Gasteiger partial charge >= 0.3 is 0 Å². The summed E-state index contributed by atoms with van der Waals surface area (Å²) in [5.41, 5.74) is 3.95. The minimum atomic E-state index is -0.0973. The minimum Gasteiger partial charge on any atom is -0.382 e. The lowest BCUT2D eigenvalue weighted by Crippen LogP contribution is -2.50. The molecule has 0 spiro atoms. The van der Waals surface area contributed by atoms with Crippen LogP contribution in [0, 0.1) is 18.8 Å². The molecule has 176 valence electrons. The number of piperidine rings is 2. The van der Waals surface area contributed by atoms with Crippen LogP contribution in [0.2, 0.25) is 0 Å². The Morgan fingerprint density at radius 1 is 1.03 bits per heavy atom. The van der Waals surface area contributed by atoms with E-state index in [0.717, 1.165) is 55.5 Å². The molecule has 3 aliphatic rings. The van der Waals surface area contributed by atoms with Crippen LogP contribution in [0.25, 0.3) is 10.8 Å². The van der Waals surface area contributed by atoms with Crippen LogP contribution in [0.5, 0.6) is 0 Å². The van der Waals surface area contributed by atoms with Crippen molar-refractivity contribution in [2.75, 3.05) is 18.4 Å². The fraction of sp³-hybridized carbons (Fsp3) is 0.414. The molecular formula is C29H32BrN3O. The topological polar surface area (TPSA) is 44.4 Å². The molecule has 3 bridgehead atoms. The van der Waals surface area contributed by atoms with Crippen LogP contribution in [-0.4, -0.2) is 36.0 Å². The number of fused-ring (bicyclic) bond motifs is 3. The zero-order valence-electron chi connectivity index (χ0n) is 19.9. The lowest BCUT2D eigenvalue weighted by molar-refractivity contribution is 0.0939. The summed E-state index contributed by atoms with van der Waals surface area (Å²) in [4.78, 5) is 16.1. The van der Waals surface area contributed by atoms with Gasteiger partial charge in [0.05, 0.1) is 6.04 Å². The van der Waals surface area contributed by atoms with E-state index in [4.69, 9.17) is 0 Å². The number of rotatable bonds is 5. The average Bonchev–Trinajstić information content (AvgIpc) is 3.04. The second-order valence-corrected chi connectivity index (χ2v) is 11.5. The maximum atomic E-state index is 13.4. The molecule has 3 aliphatic heterocycles. The fourth-order valence-corrected chi connectivity index (χ4v) is 7.15. The number of amides is 1. The highest BCUT2D eigenvalue weighted by molar-refractivity contribution is 9.10. The Balaban J connectivity index is 1.20. The van der Waals surface area contributed by atoms with E-state index < -0.39 is 0 Å². The van der Waals surface area contributed by atoms with Crippen LogP contribution in [-0.2, 0) is 0 Å². The van der Waals surface area contributed by atoms with Gasteiger partial charge in [0, 0.05) is 40.9 Å². The van der Waals surface area contributed by atoms with E-state index in [9.17, 15) is 4.79 Å². The fourth-order valence-electron chi connectivity index (χ4n) is 6.67. The van der Waals surface area contributed by atoms with Crippen molar-refractivity contribution in [3.8, 4) is 0 Å². The molecule has 3 aromatic rings. The first kappa shape index (κ1) is 22.1. The van der Waals surface area contributed by atoms with E-state index in [-0.39, 0.29) is 11.9 Å². The van der Waals surface area contributed by atoms with Gasteiger partial charge in [0.2, 0.25) is 0 Å². The number of nitrogens with one attached hydrogen (secondary N) is 2. The van der Waals surface area contributed by atoms with Gasteiger partial charge in [-0.3, -0.25) is 9.69 Å². The van der Waals surface area contributed by atoms with Crippen molar-refractivity contribution in [2.45, 2.75) is 51.2 Å². The summed E-state index contributed by atoms with van der Waals surface area (Å²) < 4.78 is 1.07. The standard InChI is InChI=1S/C29H32BrN3O/c1-17-7-8-21(32-28-14-22-12-19-11-20(28)16-33(22)15-19)13-26(17)29(34)31-18(2)23-9-10-27(30)25-6-4-3-5-24(23)25/h3-10,13,18-20,22,28,32H,11-12,14-16H2,1-2H3,(H,31,34)/t18-,19?,20?,22?,28?/m1/s1. The van der Waals surface area contributed by atoms with E-state index in [1.807, 2.05) is 19.1 Å². The van der Waals surface area contributed by atoms with Gasteiger partial charge in [-0.2, -0.15) is 0 Å². The summed E-state index contributed by atoms with van der Waals surface area (Å²) in [6.07, 6.45) is 3.95. The molecule has 0 saturated carbocycles. The first-order valence-corrected chi connectivity index (χ1v) is 13.3. The van der Waals surface area contributed by atoms with Gasteiger partial charge in [0.25, 0.3) is 5.91 Å². The summed E-state index contributed by atoms with van der Waals surface area (Å²) in [6.45, 7) is 6.63. The van der Waals surface area contributed by atoms with Crippen molar-refractivity contribution in [1.82, 2.24) is 10.2 Å². The van der Waals surface area contributed by atoms with Crippen molar-refractivity contribution in [3.05, 3.63) is 75.8 Å². The van der Waals surface area contributed by atoms with E-state index in [1.54, 1.807) is 0 Å². The van der Waals surface area contributed by atoms with E-state index >= 15 is 0 Å². The Bertz CT molecular complexity index is 1260. The molecule has 6 atom stereocenters. The molecule has 4 nitrogen and oxygen atoms in total. The molecule has 0 radical (unpaired) electrons. The molecule has 3 aromatic carbocycles. The monoisotopic (exact) mass is 517 g/mol. The summed E-state index contributed by atoms with van der Waals surface area (Å²) in [5, 5.41) is 9.40. The Morgan fingerprint density at radius 3 is 2.71 bits per heavy atom. The Morgan fingerprint density at radius 2 is 1.85 bits per heavy atom. The average molecular weight is 518 g/mol. The Labute approximate surface area is 210 Å². The highest BCUT2D eigenvalue weighted by atomic mass is 79.9. The number of carbonyl (C=O) groups excluding carboxylic acids is 1. The second kappa shape index (κ2) is 8.69. The Hall–Kier alpha value is -2.37. The maximum absolute atomic E-state index is 13.4. The van der Waals surface area contributed by atoms with Crippen LogP contribution in [0.15, 0.2) is 59.1 Å². The van der Waals surface area contributed by atoms with Gasteiger partial charge in [0.1, 0.15) is 0 Å². The number of hydrogen-bond donors (Lipinski definition) is 2. The van der Waals surface area contributed by atoms with Gasteiger partial charge in [0.15, 0.2) is 0 Å². The van der Waals surface area contributed by atoms with Crippen molar-refractivity contribution in [1.29, 1.82) is 0 Å². The molecule has 5 unspecified atom stereocenters. The van der Waals surface area contributed by atoms with Gasteiger partial charge in [-0.15, -0.1) is 0 Å². The van der Waals surface area contributed by atoms with Crippen molar-refractivity contribution < 1.29 is 4.79 Å². The van der Waals surface area contributed by atoms with Gasteiger partial charge in [-0.05, 0) is 85.0 Å². The third-order valence-corrected chi connectivity index (χ3v) is 9.06. The first-order chi connectivity index (χ1) is 16.5. The predicted molar refractivity (Wildman–Crippen MR) is 142 cm³/mol. The molecule has 1 amide bonds. The number of nitrogens with zero attached hydrogens (tertiary/aromatic N) is 1. The quantitative estimate of drug-likeness (QED) is 0.417. The number of carbonyl (C=O) groups is 1. The smallest absolute Gasteiger partial charge is 0.252 e. The minimum absolute atomic E-state index is 0.0182. The molecule has 0 aliphatic carbocycles. The largest absolute Gasteiger partial charge is 0.382 e. The zero-order chi connectivity index (χ0) is 23.4. The molecule has 3 fully saturated rings. The van der Waals surface area contributed by atoms with Crippen LogP contribution < -0.4 is 10.6 Å². The number of benzene rings is 3. The van der Waals surface area contributed by atoms with E-state index in [0.29, 0.717) is 6.04 Å². The number of hydrogen-bond acceptors (Lipinski definition) is 3. The number of aryl methyl sites for hydroxylation is 1. The molecule has 5 heteroatoms. The van der Waals surface area contributed by atoms with Crippen LogP contribution >= 0.6 is 15.9 Å². The molecule has 3 heterocycles. The van der Waals surface area contributed by atoms with Crippen molar-refractivity contribution in [3.63, 3.8) is 0 Å². The summed E-state index contributed by atoms with van der Waals surface area (Å²) in [5.74, 6) is 1.60. The molecule has 3 saturated heterocycles. The molecule has 0 aromatic heterocycles. The van der Waals surface area contributed by atoms with E-state index in [2.05, 4.69) is 80.9 Å². The second-order valence-electron chi connectivity index (χ2n) is 10.6. The first-order valence-electron chi connectivity index (χ1n) is 12.6. The molecule has 6 rings (SSSR count). The summed E-state index contributed by atoms with van der Waals surface area (Å²) >= 11 is 3.65. The molecule has 2 N–H and O–H groups in total. The summed E-state index contributed by atoms with van der Waals surface area (Å²) in [7, 11) is 0. The molecular weight excluding hydrogens is 486 g/mol.